The molecule has 1 amide bonds. The fourth-order valence-corrected chi connectivity index (χ4v) is 3.15. The monoisotopic (exact) mass is 339 g/mol. The lowest BCUT2D eigenvalue weighted by molar-refractivity contribution is -0.117. The van der Waals surface area contributed by atoms with E-state index in [2.05, 4.69) is 28.1 Å². The van der Waals surface area contributed by atoms with Gasteiger partial charge in [-0.1, -0.05) is 31.2 Å². The van der Waals surface area contributed by atoms with E-state index in [-0.39, 0.29) is 5.91 Å². The second kappa shape index (κ2) is 8.03. The molecule has 0 aliphatic carbocycles. The third-order valence-electron chi connectivity index (χ3n) is 4.58. The molecule has 2 aromatic rings. The van der Waals surface area contributed by atoms with Gasteiger partial charge in [0, 0.05) is 31.9 Å². The molecule has 1 heterocycles. The molecule has 0 bridgehead atoms. The highest BCUT2D eigenvalue weighted by Crippen LogP contribution is 2.27. The molecule has 25 heavy (non-hydrogen) atoms. The molecule has 0 aromatic heterocycles. The van der Waals surface area contributed by atoms with Crippen molar-refractivity contribution >= 4 is 17.3 Å². The van der Waals surface area contributed by atoms with Gasteiger partial charge >= 0.3 is 0 Å². The van der Waals surface area contributed by atoms with Crippen LogP contribution in [-0.4, -0.2) is 48.6 Å². The highest BCUT2D eigenvalue weighted by atomic mass is 16.3. The molecule has 132 valence electrons. The van der Waals surface area contributed by atoms with Crippen LogP contribution in [0.3, 0.4) is 0 Å². The van der Waals surface area contributed by atoms with Gasteiger partial charge in [-0.05, 0) is 36.2 Å². The number of carbonyl (C=O) groups excluding carboxylic acids is 1. The lowest BCUT2D eigenvalue weighted by Gasteiger charge is -2.35. The van der Waals surface area contributed by atoms with Crippen molar-refractivity contribution in [2.45, 2.75) is 13.3 Å². The summed E-state index contributed by atoms with van der Waals surface area (Å²) in [5.74, 6) is 0.328. The van der Waals surface area contributed by atoms with Crippen molar-refractivity contribution in [1.82, 2.24) is 4.90 Å². The van der Waals surface area contributed by atoms with Crippen molar-refractivity contribution in [3.05, 3.63) is 54.1 Å². The summed E-state index contributed by atoms with van der Waals surface area (Å²) in [7, 11) is 0. The van der Waals surface area contributed by atoms with Crippen LogP contribution in [-0.2, 0) is 11.2 Å². The van der Waals surface area contributed by atoms with E-state index in [1.54, 1.807) is 6.07 Å². The predicted molar refractivity (Wildman–Crippen MR) is 101 cm³/mol. The summed E-state index contributed by atoms with van der Waals surface area (Å²) >= 11 is 0. The van der Waals surface area contributed by atoms with E-state index in [9.17, 15) is 9.90 Å². The van der Waals surface area contributed by atoms with Crippen LogP contribution in [0.5, 0.6) is 5.75 Å². The summed E-state index contributed by atoms with van der Waals surface area (Å²) in [6.07, 6.45) is 0.956. The van der Waals surface area contributed by atoms with Gasteiger partial charge in [0.1, 0.15) is 5.75 Å². The van der Waals surface area contributed by atoms with E-state index in [4.69, 9.17) is 0 Å². The van der Waals surface area contributed by atoms with E-state index in [1.807, 2.05) is 36.4 Å². The van der Waals surface area contributed by atoms with Crippen molar-refractivity contribution in [2.75, 3.05) is 42.9 Å². The number of benzene rings is 2. The van der Waals surface area contributed by atoms with Crippen LogP contribution < -0.4 is 10.2 Å². The molecular formula is C20H25N3O2. The predicted octanol–water partition coefficient (Wildman–Crippen LogP) is 2.72. The smallest absolute Gasteiger partial charge is 0.238 e. The second-order valence-electron chi connectivity index (χ2n) is 6.35. The SMILES string of the molecule is CCc1cccc(NC(=O)CN2CCN(c3ccccc3O)CC2)c1. The highest BCUT2D eigenvalue weighted by Gasteiger charge is 2.20. The number of nitrogens with zero attached hydrogens (tertiary/aromatic N) is 2. The number of hydrogen-bond donors (Lipinski definition) is 2. The maximum absolute atomic E-state index is 12.3. The Balaban J connectivity index is 1.50. The number of aromatic hydroxyl groups is 1. The highest BCUT2D eigenvalue weighted by molar-refractivity contribution is 5.92. The van der Waals surface area contributed by atoms with E-state index in [0.717, 1.165) is 44.0 Å². The van der Waals surface area contributed by atoms with E-state index in [1.165, 1.54) is 5.56 Å². The van der Waals surface area contributed by atoms with Crippen molar-refractivity contribution in [1.29, 1.82) is 0 Å². The molecule has 1 fully saturated rings. The first-order valence-corrected chi connectivity index (χ1v) is 8.80. The summed E-state index contributed by atoms with van der Waals surface area (Å²) in [6.45, 7) is 5.70. The van der Waals surface area contributed by atoms with Crippen LogP contribution in [0, 0.1) is 0 Å². The number of amides is 1. The standard InChI is InChI=1S/C20H25N3O2/c1-2-16-6-5-7-17(14-16)21-20(25)15-22-10-12-23(13-11-22)18-8-3-4-9-19(18)24/h3-9,14,24H,2,10-13,15H2,1H3,(H,21,25). The third-order valence-corrected chi connectivity index (χ3v) is 4.58. The van der Waals surface area contributed by atoms with Gasteiger partial charge in [0.2, 0.25) is 5.91 Å². The average Bonchev–Trinajstić information content (AvgIpc) is 2.63. The van der Waals surface area contributed by atoms with Crippen molar-refractivity contribution in [2.24, 2.45) is 0 Å². The number of para-hydroxylation sites is 2. The Morgan fingerprint density at radius 3 is 2.56 bits per heavy atom. The maximum atomic E-state index is 12.3. The molecule has 0 unspecified atom stereocenters. The van der Waals surface area contributed by atoms with Crippen LogP contribution in [0.25, 0.3) is 0 Å². The Morgan fingerprint density at radius 1 is 1.08 bits per heavy atom. The Morgan fingerprint density at radius 2 is 1.84 bits per heavy atom. The quantitative estimate of drug-likeness (QED) is 0.879. The van der Waals surface area contributed by atoms with Gasteiger partial charge in [-0.15, -0.1) is 0 Å². The minimum absolute atomic E-state index is 0.0178. The van der Waals surface area contributed by atoms with Crippen molar-refractivity contribution in [3.63, 3.8) is 0 Å². The summed E-state index contributed by atoms with van der Waals surface area (Å²) in [5.41, 5.74) is 2.94. The fourth-order valence-electron chi connectivity index (χ4n) is 3.15. The first-order chi connectivity index (χ1) is 12.2. The first kappa shape index (κ1) is 17.3. The number of piperazine rings is 1. The minimum atomic E-state index is 0.0178. The molecule has 2 aromatic carbocycles. The van der Waals surface area contributed by atoms with E-state index in [0.29, 0.717) is 12.3 Å². The lowest BCUT2D eigenvalue weighted by Crippen LogP contribution is -2.48. The molecule has 0 atom stereocenters. The van der Waals surface area contributed by atoms with Crippen molar-refractivity contribution < 1.29 is 9.90 Å². The van der Waals surface area contributed by atoms with Crippen molar-refractivity contribution in [3.8, 4) is 5.75 Å². The minimum Gasteiger partial charge on any atom is -0.506 e. The molecule has 1 saturated heterocycles. The molecule has 3 rings (SSSR count). The topological polar surface area (TPSA) is 55.8 Å². The molecule has 1 aliphatic rings. The summed E-state index contributed by atoms with van der Waals surface area (Å²) < 4.78 is 0. The van der Waals surface area contributed by atoms with Crippen LogP contribution >= 0.6 is 0 Å². The van der Waals surface area contributed by atoms with E-state index < -0.39 is 0 Å². The number of rotatable bonds is 5. The zero-order valence-electron chi connectivity index (χ0n) is 14.6. The number of phenols is 1. The van der Waals surface area contributed by atoms with Crippen LogP contribution in [0.4, 0.5) is 11.4 Å². The van der Waals surface area contributed by atoms with Gasteiger partial charge in [0.05, 0.1) is 12.2 Å². The van der Waals surface area contributed by atoms with Gasteiger partial charge in [-0.2, -0.15) is 0 Å². The lowest BCUT2D eigenvalue weighted by atomic mass is 10.1. The number of hydrogen-bond acceptors (Lipinski definition) is 4. The normalized spacial score (nSPS) is 15.2. The fraction of sp³-hybridized carbons (Fsp3) is 0.350. The largest absolute Gasteiger partial charge is 0.506 e. The zero-order chi connectivity index (χ0) is 17.6. The number of anilines is 2. The number of carbonyl (C=O) groups is 1. The van der Waals surface area contributed by atoms with E-state index >= 15 is 0 Å². The summed E-state index contributed by atoms with van der Waals surface area (Å²) in [6, 6.07) is 15.4. The Bertz CT molecular complexity index is 724. The third kappa shape index (κ3) is 4.51. The van der Waals surface area contributed by atoms with Crippen LogP contribution in [0.1, 0.15) is 12.5 Å². The van der Waals surface area contributed by atoms with Gasteiger partial charge < -0.3 is 15.3 Å². The van der Waals surface area contributed by atoms with Crippen LogP contribution in [0.2, 0.25) is 0 Å². The molecule has 0 radical (unpaired) electrons. The molecule has 0 saturated carbocycles. The average molecular weight is 339 g/mol. The Hall–Kier alpha value is -2.53. The molecule has 5 nitrogen and oxygen atoms in total. The molecule has 2 N–H and O–H groups in total. The molecule has 0 spiro atoms. The number of nitrogens with one attached hydrogen (secondary N) is 1. The second-order valence-corrected chi connectivity index (χ2v) is 6.35. The number of phenolic OH excluding ortho intramolecular Hbond substituents is 1. The Kier molecular flexibility index (Phi) is 5.56. The molecule has 5 heteroatoms. The van der Waals surface area contributed by atoms with Gasteiger partial charge in [-0.3, -0.25) is 9.69 Å². The van der Waals surface area contributed by atoms with Gasteiger partial charge in [-0.25, -0.2) is 0 Å². The summed E-state index contributed by atoms with van der Waals surface area (Å²) in [5, 5.41) is 12.9. The maximum Gasteiger partial charge on any atom is 0.238 e. The molecular weight excluding hydrogens is 314 g/mol. The van der Waals surface area contributed by atoms with Gasteiger partial charge in [0.25, 0.3) is 0 Å². The summed E-state index contributed by atoms with van der Waals surface area (Å²) in [4.78, 5) is 16.6. The Labute approximate surface area is 148 Å². The van der Waals surface area contributed by atoms with Gasteiger partial charge in [0.15, 0.2) is 0 Å². The zero-order valence-corrected chi connectivity index (χ0v) is 14.6. The van der Waals surface area contributed by atoms with Crippen LogP contribution in [0.15, 0.2) is 48.5 Å². The molecule has 1 aliphatic heterocycles. The first-order valence-electron chi connectivity index (χ1n) is 8.80. The number of aryl methyl sites for hydroxylation is 1.